The van der Waals surface area contributed by atoms with Gasteiger partial charge >= 0.3 is 0 Å². The van der Waals surface area contributed by atoms with Gasteiger partial charge in [-0.2, -0.15) is 0 Å². The highest BCUT2D eigenvalue weighted by atomic mass is 35.5. The highest BCUT2D eigenvalue weighted by Crippen LogP contribution is 2.38. The Balaban J connectivity index is 1.84. The number of rotatable bonds is 2. The van der Waals surface area contributed by atoms with Gasteiger partial charge < -0.3 is 9.47 Å². The normalized spacial score (nSPS) is 15.7. The van der Waals surface area contributed by atoms with Crippen molar-refractivity contribution in [1.82, 2.24) is 9.47 Å². The predicted molar refractivity (Wildman–Crippen MR) is 96.5 cm³/mol. The second-order valence-corrected chi connectivity index (χ2v) is 7.44. The molecule has 112 valence electrons. The fraction of sp³-hybridized carbons (Fsp3) is 0.222. The van der Waals surface area contributed by atoms with Gasteiger partial charge in [0.15, 0.2) is 0 Å². The van der Waals surface area contributed by atoms with Crippen LogP contribution in [0.1, 0.15) is 16.8 Å². The summed E-state index contributed by atoms with van der Waals surface area (Å²) in [6.45, 7) is 2.11. The quantitative estimate of drug-likeness (QED) is 0.644. The monoisotopic (exact) mass is 328 g/mol. The summed E-state index contributed by atoms with van der Waals surface area (Å²) in [7, 11) is 2.18. The number of benzene rings is 1. The Bertz CT molecular complexity index is 845. The minimum absolute atomic E-state index is 0.864. The lowest BCUT2D eigenvalue weighted by Gasteiger charge is -2.23. The van der Waals surface area contributed by atoms with Crippen LogP contribution in [0, 0.1) is 0 Å². The average Bonchev–Trinajstić information content (AvgIpc) is 3.02. The minimum atomic E-state index is 0.864. The zero-order chi connectivity index (χ0) is 15.1. The summed E-state index contributed by atoms with van der Waals surface area (Å²) in [4.78, 5) is 3.64. The number of hydrogen-bond donors (Lipinski definition) is 0. The summed E-state index contributed by atoms with van der Waals surface area (Å²) < 4.78 is 3.20. The Hall–Kier alpha value is -1.55. The number of halogens is 1. The first-order valence-corrected chi connectivity index (χ1v) is 8.64. The third-order valence-electron chi connectivity index (χ3n) is 4.24. The van der Waals surface area contributed by atoms with E-state index in [0.717, 1.165) is 23.8 Å². The van der Waals surface area contributed by atoms with E-state index in [1.54, 1.807) is 11.3 Å². The number of hydrogen-bond acceptors (Lipinski definition) is 2. The zero-order valence-corrected chi connectivity index (χ0v) is 14.0. The standard InChI is InChI=1S/C18H17ClN2S/c1-20-9-8-16-15(12-20)14-11-17(19)22-18(14)21(16)10-7-13-5-3-2-4-6-13/h2-7,10-11H,8-9,12H2,1H3. The van der Waals surface area contributed by atoms with Crippen LogP contribution in [0.2, 0.25) is 4.34 Å². The van der Waals surface area contributed by atoms with Gasteiger partial charge in [-0.15, -0.1) is 11.3 Å². The Labute approximate surface area is 139 Å². The molecular weight excluding hydrogens is 312 g/mol. The van der Waals surface area contributed by atoms with Crippen molar-refractivity contribution in [3.8, 4) is 0 Å². The molecule has 3 aromatic rings. The molecule has 0 aliphatic carbocycles. The third-order valence-corrected chi connectivity index (χ3v) is 5.50. The molecule has 22 heavy (non-hydrogen) atoms. The van der Waals surface area contributed by atoms with Crippen LogP contribution in [0.5, 0.6) is 0 Å². The van der Waals surface area contributed by atoms with Gasteiger partial charge in [-0.25, -0.2) is 0 Å². The number of nitrogens with zero attached hydrogens (tertiary/aromatic N) is 2. The molecule has 0 saturated carbocycles. The first-order valence-electron chi connectivity index (χ1n) is 7.45. The molecule has 1 aliphatic heterocycles. The summed E-state index contributed by atoms with van der Waals surface area (Å²) in [5.74, 6) is 0. The van der Waals surface area contributed by atoms with E-state index in [9.17, 15) is 0 Å². The molecule has 0 saturated heterocycles. The first kappa shape index (κ1) is 14.1. The van der Waals surface area contributed by atoms with Gasteiger partial charge in [0, 0.05) is 36.8 Å². The van der Waals surface area contributed by atoms with Crippen LogP contribution in [0.4, 0.5) is 0 Å². The Kier molecular flexibility index (Phi) is 3.57. The Morgan fingerprint density at radius 3 is 2.86 bits per heavy atom. The van der Waals surface area contributed by atoms with Crippen LogP contribution < -0.4 is 0 Å². The summed E-state index contributed by atoms with van der Waals surface area (Å²) in [6, 6.07) is 12.5. The molecule has 2 aromatic heterocycles. The SMILES string of the molecule is CN1CCc2c(c3cc(Cl)sc3n2C=Cc2ccccc2)C1. The molecule has 1 aliphatic rings. The zero-order valence-electron chi connectivity index (χ0n) is 12.4. The van der Waals surface area contributed by atoms with Gasteiger partial charge in [0.1, 0.15) is 4.83 Å². The predicted octanol–water partition coefficient (Wildman–Crippen LogP) is 4.97. The van der Waals surface area contributed by atoms with E-state index in [1.807, 2.05) is 6.07 Å². The van der Waals surface area contributed by atoms with E-state index >= 15 is 0 Å². The van der Waals surface area contributed by atoms with Crippen LogP contribution in [-0.2, 0) is 13.0 Å². The maximum atomic E-state index is 6.26. The molecule has 0 N–H and O–H groups in total. The molecule has 0 unspecified atom stereocenters. The van der Waals surface area contributed by atoms with Crippen LogP contribution in [0.3, 0.4) is 0 Å². The van der Waals surface area contributed by atoms with Crippen molar-refractivity contribution < 1.29 is 0 Å². The van der Waals surface area contributed by atoms with Crippen molar-refractivity contribution in [3.63, 3.8) is 0 Å². The van der Waals surface area contributed by atoms with E-state index in [4.69, 9.17) is 11.6 Å². The molecule has 2 nitrogen and oxygen atoms in total. The van der Waals surface area contributed by atoms with E-state index in [-0.39, 0.29) is 0 Å². The number of aromatic nitrogens is 1. The summed E-state index contributed by atoms with van der Waals surface area (Å²) in [5, 5.41) is 1.31. The summed E-state index contributed by atoms with van der Waals surface area (Å²) in [6.07, 6.45) is 5.45. The lowest BCUT2D eigenvalue weighted by Crippen LogP contribution is -2.26. The van der Waals surface area contributed by atoms with Gasteiger partial charge in [0.25, 0.3) is 0 Å². The molecule has 0 radical (unpaired) electrons. The van der Waals surface area contributed by atoms with Gasteiger partial charge in [0.05, 0.1) is 4.34 Å². The van der Waals surface area contributed by atoms with E-state index < -0.39 is 0 Å². The second kappa shape index (κ2) is 5.58. The van der Waals surface area contributed by atoms with E-state index in [0.29, 0.717) is 0 Å². The van der Waals surface area contributed by atoms with E-state index in [2.05, 4.69) is 59.1 Å². The van der Waals surface area contributed by atoms with Crippen LogP contribution in [-0.4, -0.2) is 23.1 Å². The average molecular weight is 329 g/mol. The maximum absolute atomic E-state index is 6.26. The van der Waals surface area contributed by atoms with E-state index in [1.165, 1.54) is 27.0 Å². The highest BCUT2D eigenvalue weighted by Gasteiger charge is 2.23. The van der Waals surface area contributed by atoms with Crippen molar-refractivity contribution in [2.24, 2.45) is 0 Å². The molecule has 0 fully saturated rings. The van der Waals surface area contributed by atoms with Crippen molar-refractivity contribution in [3.05, 3.63) is 57.6 Å². The largest absolute Gasteiger partial charge is 0.312 e. The van der Waals surface area contributed by atoms with Crippen molar-refractivity contribution in [1.29, 1.82) is 0 Å². The lowest BCUT2D eigenvalue weighted by molar-refractivity contribution is 0.312. The number of likely N-dealkylation sites (N-methyl/N-ethyl adjacent to an activating group) is 1. The van der Waals surface area contributed by atoms with Gasteiger partial charge in [0.2, 0.25) is 0 Å². The smallest absolute Gasteiger partial charge is 0.108 e. The molecule has 0 atom stereocenters. The molecule has 4 heteroatoms. The minimum Gasteiger partial charge on any atom is -0.312 e. The molecule has 3 heterocycles. The third kappa shape index (κ3) is 2.39. The highest BCUT2D eigenvalue weighted by molar-refractivity contribution is 7.22. The first-order chi connectivity index (χ1) is 10.7. The fourth-order valence-electron chi connectivity index (χ4n) is 3.15. The molecule has 0 bridgehead atoms. The van der Waals surface area contributed by atoms with Gasteiger partial charge in [-0.3, -0.25) is 0 Å². The molecule has 0 amide bonds. The van der Waals surface area contributed by atoms with Crippen LogP contribution in [0.15, 0.2) is 36.4 Å². The van der Waals surface area contributed by atoms with Gasteiger partial charge in [-0.05, 0) is 30.3 Å². The maximum Gasteiger partial charge on any atom is 0.108 e. The van der Waals surface area contributed by atoms with Crippen molar-refractivity contribution >= 4 is 45.4 Å². The Morgan fingerprint density at radius 2 is 2.05 bits per heavy atom. The van der Waals surface area contributed by atoms with Crippen molar-refractivity contribution in [2.45, 2.75) is 13.0 Å². The Morgan fingerprint density at radius 1 is 1.23 bits per heavy atom. The number of fused-ring (bicyclic) bond motifs is 3. The summed E-state index contributed by atoms with van der Waals surface area (Å²) in [5.41, 5.74) is 4.08. The second-order valence-electron chi connectivity index (χ2n) is 5.78. The number of thiophene rings is 1. The molecule has 0 spiro atoms. The lowest BCUT2D eigenvalue weighted by atomic mass is 10.1. The molecular formula is C18H17ClN2S. The van der Waals surface area contributed by atoms with Crippen molar-refractivity contribution in [2.75, 3.05) is 13.6 Å². The topological polar surface area (TPSA) is 8.17 Å². The van der Waals surface area contributed by atoms with Crippen LogP contribution in [0.25, 0.3) is 22.5 Å². The summed E-state index contributed by atoms with van der Waals surface area (Å²) >= 11 is 7.93. The molecule has 1 aromatic carbocycles. The molecule has 4 rings (SSSR count). The van der Waals surface area contributed by atoms with Gasteiger partial charge in [-0.1, -0.05) is 41.9 Å². The fourth-order valence-corrected chi connectivity index (χ4v) is 4.40. The van der Waals surface area contributed by atoms with Crippen LogP contribution >= 0.6 is 22.9 Å².